The molecule has 0 spiro atoms. The van der Waals surface area contributed by atoms with Crippen molar-refractivity contribution in [3.8, 4) is 11.8 Å². The molecule has 0 unspecified atom stereocenters. The van der Waals surface area contributed by atoms with Crippen LogP contribution in [0.2, 0.25) is 0 Å². The van der Waals surface area contributed by atoms with Crippen molar-refractivity contribution in [2.75, 3.05) is 18.4 Å². The number of carbonyl (C=O) groups is 1. The number of nitrogens with one attached hydrogen (secondary N) is 1. The van der Waals surface area contributed by atoms with Gasteiger partial charge in [-0.15, -0.1) is 11.3 Å². The topological polar surface area (TPSA) is 71.0 Å². The van der Waals surface area contributed by atoms with Crippen LogP contribution < -0.4 is 5.32 Å². The van der Waals surface area contributed by atoms with Gasteiger partial charge in [0, 0.05) is 36.5 Å². The SMILES string of the molecule is CC(=O)Nc1ncc(CN2CCC(C#Cc3cc(C(F)(F)F)ncn3)CC2)s1. The van der Waals surface area contributed by atoms with E-state index >= 15 is 0 Å². The first-order valence-corrected chi connectivity index (χ1v) is 9.46. The molecule has 28 heavy (non-hydrogen) atoms. The van der Waals surface area contributed by atoms with E-state index in [9.17, 15) is 18.0 Å². The molecule has 0 aliphatic carbocycles. The standard InChI is InChI=1S/C18H18F3N5OS/c1-12(27)25-17-22-9-15(28-17)10-26-6-4-13(5-7-26)2-3-14-8-16(18(19,20)21)24-11-23-14/h8-9,11,13H,4-7,10H2,1H3,(H,22,25,27). The van der Waals surface area contributed by atoms with Gasteiger partial charge in [0.2, 0.25) is 5.91 Å². The summed E-state index contributed by atoms with van der Waals surface area (Å²) in [5, 5.41) is 3.26. The van der Waals surface area contributed by atoms with Crippen molar-refractivity contribution in [2.24, 2.45) is 5.92 Å². The second-order valence-electron chi connectivity index (χ2n) is 6.42. The molecular weight excluding hydrogens is 391 g/mol. The third-order valence-electron chi connectivity index (χ3n) is 4.17. The average molecular weight is 409 g/mol. The summed E-state index contributed by atoms with van der Waals surface area (Å²) < 4.78 is 38.0. The number of anilines is 1. The molecule has 0 aromatic carbocycles. The smallest absolute Gasteiger partial charge is 0.302 e. The number of carbonyl (C=O) groups excluding carboxylic acids is 1. The third kappa shape index (κ3) is 5.74. The maximum absolute atomic E-state index is 12.7. The molecule has 3 heterocycles. The van der Waals surface area contributed by atoms with Crippen LogP contribution in [0, 0.1) is 17.8 Å². The van der Waals surface area contributed by atoms with Crippen LogP contribution in [0.25, 0.3) is 0 Å². The van der Waals surface area contributed by atoms with Gasteiger partial charge in [0.05, 0.1) is 0 Å². The fraction of sp³-hybridized carbons (Fsp3) is 0.444. The van der Waals surface area contributed by atoms with E-state index in [1.807, 2.05) is 0 Å². The zero-order valence-corrected chi connectivity index (χ0v) is 15.9. The predicted molar refractivity (Wildman–Crippen MR) is 98.3 cm³/mol. The van der Waals surface area contributed by atoms with Crippen LogP contribution in [0.15, 0.2) is 18.6 Å². The number of piperidine rings is 1. The lowest BCUT2D eigenvalue weighted by Gasteiger charge is -2.29. The summed E-state index contributed by atoms with van der Waals surface area (Å²) in [7, 11) is 0. The van der Waals surface area contributed by atoms with Gasteiger partial charge in [-0.2, -0.15) is 13.2 Å². The molecule has 0 atom stereocenters. The highest BCUT2D eigenvalue weighted by atomic mass is 32.1. The summed E-state index contributed by atoms with van der Waals surface area (Å²) in [5.41, 5.74) is -0.898. The molecule has 2 aromatic rings. The Morgan fingerprint density at radius 1 is 1.32 bits per heavy atom. The number of hydrogen-bond donors (Lipinski definition) is 1. The van der Waals surface area contributed by atoms with Crippen LogP contribution in [0.4, 0.5) is 18.3 Å². The van der Waals surface area contributed by atoms with Gasteiger partial charge in [-0.25, -0.2) is 15.0 Å². The highest BCUT2D eigenvalue weighted by Crippen LogP contribution is 2.27. The van der Waals surface area contributed by atoms with Gasteiger partial charge >= 0.3 is 6.18 Å². The van der Waals surface area contributed by atoms with Crippen LogP contribution in [0.5, 0.6) is 0 Å². The first kappa shape index (κ1) is 20.2. The second-order valence-corrected chi connectivity index (χ2v) is 7.53. The van der Waals surface area contributed by atoms with Gasteiger partial charge in [0.1, 0.15) is 17.7 Å². The molecule has 0 saturated carbocycles. The van der Waals surface area contributed by atoms with E-state index in [1.54, 1.807) is 6.20 Å². The van der Waals surface area contributed by atoms with Gasteiger partial charge in [-0.05, 0) is 31.9 Å². The first-order chi connectivity index (χ1) is 13.3. The van der Waals surface area contributed by atoms with E-state index in [1.165, 1.54) is 18.3 Å². The van der Waals surface area contributed by atoms with Crippen molar-refractivity contribution in [3.63, 3.8) is 0 Å². The van der Waals surface area contributed by atoms with Gasteiger partial charge in [0.25, 0.3) is 0 Å². The largest absolute Gasteiger partial charge is 0.433 e. The van der Waals surface area contributed by atoms with Crippen LogP contribution in [-0.4, -0.2) is 38.8 Å². The normalized spacial score (nSPS) is 15.7. The zero-order valence-electron chi connectivity index (χ0n) is 15.1. The Hall–Kier alpha value is -2.51. The van der Waals surface area contributed by atoms with Crippen molar-refractivity contribution < 1.29 is 18.0 Å². The number of aromatic nitrogens is 3. The Kier molecular flexibility index (Phi) is 6.26. The number of likely N-dealkylation sites (tertiary alicyclic amines) is 1. The van der Waals surface area contributed by atoms with Crippen LogP contribution in [-0.2, 0) is 17.5 Å². The van der Waals surface area contributed by atoms with Crippen LogP contribution in [0.3, 0.4) is 0 Å². The molecule has 1 N–H and O–H groups in total. The third-order valence-corrected chi connectivity index (χ3v) is 5.06. The number of rotatable bonds is 3. The molecule has 3 rings (SSSR count). The number of hydrogen-bond acceptors (Lipinski definition) is 6. The van der Waals surface area contributed by atoms with Gasteiger partial charge in [0.15, 0.2) is 5.13 Å². The van der Waals surface area contributed by atoms with Crippen LogP contribution in [0.1, 0.15) is 36.0 Å². The van der Waals surface area contributed by atoms with E-state index in [0.29, 0.717) is 5.13 Å². The summed E-state index contributed by atoms with van der Waals surface area (Å²) >= 11 is 1.45. The molecule has 1 fully saturated rings. The molecule has 0 bridgehead atoms. The molecule has 1 saturated heterocycles. The highest BCUT2D eigenvalue weighted by molar-refractivity contribution is 7.15. The summed E-state index contributed by atoms with van der Waals surface area (Å²) in [6, 6.07) is 0.874. The van der Waals surface area contributed by atoms with Crippen molar-refractivity contribution in [3.05, 3.63) is 34.9 Å². The molecule has 10 heteroatoms. The Morgan fingerprint density at radius 3 is 2.75 bits per heavy atom. The number of amides is 1. The van der Waals surface area contributed by atoms with Crippen molar-refractivity contribution in [1.29, 1.82) is 0 Å². The Labute approximate surface area is 164 Å². The number of nitrogens with zero attached hydrogens (tertiary/aromatic N) is 4. The van der Waals surface area contributed by atoms with E-state index in [4.69, 9.17) is 0 Å². The monoisotopic (exact) mass is 409 g/mol. The molecular formula is C18H18F3N5OS. The number of alkyl halides is 3. The van der Waals surface area contributed by atoms with Crippen LogP contribution >= 0.6 is 11.3 Å². The molecule has 2 aromatic heterocycles. The molecule has 6 nitrogen and oxygen atoms in total. The minimum atomic E-state index is -4.50. The second kappa shape index (κ2) is 8.67. The quantitative estimate of drug-likeness (QED) is 0.789. The van der Waals surface area contributed by atoms with Gasteiger partial charge < -0.3 is 5.32 Å². The van der Waals surface area contributed by atoms with Crippen molar-refractivity contribution in [1.82, 2.24) is 19.9 Å². The molecule has 0 radical (unpaired) electrons. The maximum Gasteiger partial charge on any atom is 0.433 e. The predicted octanol–water partition coefficient (Wildman–Crippen LogP) is 3.17. The summed E-state index contributed by atoms with van der Waals surface area (Å²) in [6.45, 7) is 3.87. The molecule has 1 aliphatic rings. The van der Waals surface area contributed by atoms with E-state index in [0.717, 1.165) is 49.7 Å². The Morgan fingerprint density at radius 2 is 2.07 bits per heavy atom. The fourth-order valence-electron chi connectivity index (χ4n) is 2.80. The molecule has 148 valence electrons. The fourth-order valence-corrected chi connectivity index (χ4v) is 3.70. The summed E-state index contributed by atoms with van der Waals surface area (Å²) in [6.07, 6.45) is -0.181. The average Bonchev–Trinajstić information content (AvgIpc) is 3.07. The number of halogens is 3. The highest BCUT2D eigenvalue weighted by Gasteiger charge is 2.32. The Balaban J connectivity index is 1.52. The van der Waals surface area contributed by atoms with Crippen molar-refractivity contribution in [2.45, 2.75) is 32.5 Å². The van der Waals surface area contributed by atoms with E-state index in [-0.39, 0.29) is 17.5 Å². The molecule has 1 amide bonds. The minimum Gasteiger partial charge on any atom is -0.302 e. The maximum atomic E-state index is 12.7. The first-order valence-electron chi connectivity index (χ1n) is 8.65. The van der Waals surface area contributed by atoms with Gasteiger partial charge in [-0.3, -0.25) is 9.69 Å². The lowest BCUT2D eigenvalue weighted by molar-refractivity contribution is -0.141. The van der Waals surface area contributed by atoms with E-state index in [2.05, 4.69) is 37.0 Å². The Bertz CT molecular complexity index is 894. The lowest BCUT2D eigenvalue weighted by Crippen LogP contribution is -2.32. The zero-order chi connectivity index (χ0) is 20.1. The van der Waals surface area contributed by atoms with Crippen molar-refractivity contribution >= 4 is 22.4 Å². The molecule has 1 aliphatic heterocycles. The summed E-state index contributed by atoms with van der Waals surface area (Å²) in [4.78, 5) is 25.6. The van der Waals surface area contributed by atoms with Gasteiger partial charge in [-0.1, -0.05) is 5.92 Å². The number of thiazole rings is 1. The van der Waals surface area contributed by atoms with E-state index < -0.39 is 11.9 Å². The summed E-state index contributed by atoms with van der Waals surface area (Å²) in [5.74, 6) is 5.76. The minimum absolute atomic E-state index is 0.0833. The lowest BCUT2D eigenvalue weighted by atomic mass is 9.97.